The van der Waals surface area contributed by atoms with Gasteiger partial charge in [-0.2, -0.15) is 0 Å². The summed E-state index contributed by atoms with van der Waals surface area (Å²) in [7, 11) is 0. The number of benzene rings is 1. The summed E-state index contributed by atoms with van der Waals surface area (Å²) in [6.45, 7) is 7.93. The van der Waals surface area contributed by atoms with E-state index < -0.39 is 0 Å². The number of fused-ring (bicyclic) bond motifs is 1. The van der Waals surface area contributed by atoms with Gasteiger partial charge in [0.1, 0.15) is 5.84 Å². The molecule has 1 aromatic carbocycles. The molecule has 0 atom stereocenters. The number of aryl methyl sites for hydroxylation is 1. The van der Waals surface area contributed by atoms with Gasteiger partial charge in [-0.25, -0.2) is 4.99 Å². The molecule has 0 spiro atoms. The first-order valence-electron chi connectivity index (χ1n) is 9.16. The maximum absolute atomic E-state index is 12.4. The third-order valence-electron chi connectivity index (χ3n) is 4.82. The number of hydrogen-bond acceptors (Lipinski definition) is 4. The lowest BCUT2D eigenvalue weighted by atomic mass is 10.0. The van der Waals surface area contributed by atoms with Gasteiger partial charge in [0, 0.05) is 25.2 Å². The highest BCUT2D eigenvalue weighted by Gasteiger charge is 2.24. The fourth-order valence-corrected chi connectivity index (χ4v) is 3.89. The summed E-state index contributed by atoms with van der Waals surface area (Å²) in [4.78, 5) is 22.2. The number of likely N-dealkylation sites (N-methyl/N-ethyl adjacent to an activating group) is 1. The number of thiophene rings is 1. The van der Waals surface area contributed by atoms with E-state index in [-0.39, 0.29) is 30.7 Å². The van der Waals surface area contributed by atoms with Crippen molar-refractivity contribution in [3.63, 3.8) is 0 Å². The molecule has 0 radical (unpaired) electrons. The average molecular weight is 443 g/mol. The van der Waals surface area contributed by atoms with E-state index in [1.807, 2.05) is 34.5 Å². The normalized spacial score (nSPS) is 13.8. The molecule has 0 fully saturated rings. The van der Waals surface area contributed by atoms with Crippen molar-refractivity contribution in [1.82, 2.24) is 4.90 Å². The molecule has 154 valence electrons. The first-order valence-corrected chi connectivity index (χ1v) is 10.0. The maximum atomic E-state index is 12.4. The van der Waals surface area contributed by atoms with Crippen LogP contribution in [0, 0.1) is 0 Å². The predicted octanol–water partition coefficient (Wildman–Crippen LogP) is 4.25. The molecule has 1 amide bonds. The molecule has 2 N–H and O–H groups in total. The highest BCUT2D eigenvalue weighted by atomic mass is 35.5. The molecule has 1 aromatic heterocycles. The number of anilines is 1. The van der Waals surface area contributed by atoms with Crippen LogP contribution in [-0.2, 0) is 11.2 Å². The number of carbonyl (C=O) groups is 1. The Bertz CT molecular complexity index is 792. The van der Waals surface area contributed by atoms with E-state index in [1.54, 1.807) is 11.3 Å². The van der Waals surface area contributed by atoms with Gasteiger partial charge in [0.2, 0.25) is 5.91 Å². The smallest absolute Gasteiger partial charge is 0.227 e. The quantitative estimate of drug-likeness (QED) is 0.514. The maximum Gasteiger partial charge on any atom is 0.227 e. The second kappa shape index (κ2) is 11.4. The Hall–Kier alpha value is -1.60. The van der Waals surface area contributed by atoms with Gasteiger partial charge in [-0.3, -0.25) is 4.79 Å². The number of aliphatic imine (C=N–C) groups is 1. The van der Waals surface area contributed by atoms with Crippen LogP contribution in [0.5, 0.6) is 0 Å². The van der Waals surface area contributed by atoms with Crippen LogP contribution >= 0.6 is 36.2 Å². The Labute approximate surface area is 183 Å². The summed E-state index contributed by atoms with van der Waals surface area (Å²) in [5.41, 5.74) is 9.13. The lowest BCUT2D eigenvalue weighted by Crippen LogP contribution is -2.41. The summed E-state index contributed by atoms with van der Waals surface area (Å²) in [6, 6.07) is 9.95. The number of halogens is 2. The van der Waals surface area contributed by atoms with E-state index in [0.717, 1.165) is 48.9 Å². The molecule has 8 heteroatoms. The third kappa shape index (κ3) is 5.70. The Morgan fingerprint density at radius 3 is 2.61 bits per heavy atom. The number of carbonyl (C=O) groups excluding carboxylic acids is 1. The van der Waals surface area contributed by atoms with Crippen LogP contribution in [0.2, 0.25) is 0 Å². The summed E-state index contributed by atoms with van der Waals surface area (Å²) >= 11 is 1.58. The van der Waals surface area contributed by atoms with Gasteiger partial charge in [0.15, 0.2) is 0 Å². The predicted molar refractivity (Wildman–Crippen MR) is 124 cm³/mol. The number of amidine groups is 1. The first-order chi connectivity index (χ1) is 12.6. The largest absolute Gasteiger partial charge is 0.383 e. The van der Waals surface area contributed by atoms with Crippen LogP contribution in [0.15, 0.2) is 40.7 Å². The zero-order chi connectivity index (χ0) is 18.5. The minimum absolute atomic E-state index is 0. The van der Waals surface area contributed by atoms with Crippen molar-refractivity contribution in [1.29, 1.82) is 0 Å². The van der Waals surface area contributed by atoms with Crippen molar-refractivity contribution >= 4 is 59.3 Å². The van der Waals surface area contributed by atoms with E-state index >= 15 is 0 Å². The highest BCUT2D eigenvalue weighted by molar-refractivity contribution is 7.12. The van der Waals surface area contributed by atoms with E-state index in [9.17, 15) is 4.79 Å². The number of hydrogen-bond donors (Lipinski definition) is 1. The molecular formula is C20H28Cl2N4OS. The van der Waals surface area contributed by atoms with Crippen LogP contribution in [-0.4, -0.2) is 42.8 Å². The Morgan fingerprint density at radius 2 is 1.96 bits per heavy atom. The van der Waals surface area contributed by atoms with Crippen LogP contribution in [0.3, 0.4) is 0 Å². The van der Waals surface area contributed by atoms with Crippen molar-refractivity contribution in [3.8, 4) is 0 Å². The van der Waals surface area contributed by atoms with E-state index in [1.165, 1.54) is 5.56 Å². The molecule has 2 aromatic rings. The zero-order valence-corrected chi connectivity index (χ0v) is 18.7. The fourth-order valence-electron chi connectivity index (χ4n) is 3.26. The summed E-state index contributed by atoms with van der Waals surface area (Å²) < 4.78 is 0. The second-order valence-electron chi connectivity index (χ2n) is 6.36. The van der Waals surface area contributed by atoms with Crippen LogP contribution in [0.1, 0.15) is 30.7 Å². The van der Waals surface area contributed by atoms with Crippen LogP contribution in [0.25, 0.3) is 0 Å². The van der Waals surface area contributed by atoms with Gasteiger partial charge in [-0.15, -0.1) is 36.2 Å². The van der Waals surface area contributed by atoms with Crippen LogP contribution < -0.4 is 10.6 Å². The van der Waals surface area contributed by atoms with Gasteiger partial charge < -0.3 is 15.5 Å². The topological polar surface area (TPSA) is 61.9 Å². The molecule has 1 aliphatic heterocycles. The summed E-state index contributed by atoms with van der Waals surface area (Å²) in [5, 5.41) is 1.99. The lowest BCUT2D eigenvalue weighted by molar-refractivity contribution is -0.118. The molecule has 5 nitrogen and oxygen atoms in total. The van der Waals surface area contributed by atoms with Crippen molar-refractivity contribution in [2.75, 3.05) is 31.1 Å². The Morgan fingerprint density at radius 1 is 1.21 bits per heavy atom. The van der Waals surface area contributed by atoms with Crippen LogP contribution in [0.4, 0.5) is 11.4 Å². The van der Waals surface area contributed by atoms with E-state index in [0.29, 0.717) is 12.3 Å². The SMILES string of the molecule is CCN(CC)CCN1C(=O)CCc2cc(N=C(N)c3cccs3)ccc21.Cl.Cl. The van der Waals surface area contributed by atoms with E-state index in [2.05, 4.69) is 29.8 Å². The molecule has 0 bridgehead atoms. The first kappa shape index (κ1) is 24.4. The highest BCUT2D eigenvalue weighted by Crippen LogP contribution is 2.31. The van der Waals surface area contributed by atoms with Crippen molar-refractivity contribution in [3.05, 3.63) is 46.2 Å². The molecule has 3 rings (SSSR count). The number of nitrogens with two attached hydrogens (primary N) is 1. The molecular weight excluding hydrogens is 415 g/mol. The van der Waals surface area contributed by atoms with E-state index in [4.69, 9.17) is 5.73 Å². The summed E-state index contributed by atoms with van der Waals surface area (Å²) in [5.74, 6) is 0.740. The van der Waals surface area contributed by atoms with Crippen molar-refractivity contribution in [2.24, 2.45) is 10.7 Å². The number of rotatable bonds is 7. The molecule has 0 saturated heterocycles. The zero-order valence-electron chi connectivity index (χ0n) is 16.3. The van der Waals surface area contributed by atoms with Crippen molar-refractivity contribution < 1.29 is 4.79 Å². The standard InChI is InChI=1S/C20H26N4OS.2ClH/c1-3-23(4-2)11-12-24-17-9-8-16(14-15(17)7-10-19(24)25)22-20(21)18-6-5-13-26-18;;/h5-6,8-9,13-14H,3-4,7,10-12H2,1-2H3,(H2,21,22);2*1H. The van der Waals surface area contributed by atoms with Gasteiger partial charge >= 0.3 is 0 Å². The second-order valence-corrected chi connectivity index (χ2v) is 7.31. The van der Waals surface area contributed by atoms with Gasteiger partial charge in [0.25, 0.3) is 0 Å². The van der Waals surface area contributed by atoms with Gasteiger partial charge in [0.05, 0.1) is 10.6 Å². The molecule has 0 aliphatic carbocycles. The molecule has 1 aliphatic rings. The summed E-state index contributed by atoms with van der Waals surface area (Å²) in [6.07, 6.45) is 1.32. The molecule has 28 heavy (non-hydrogen) atoms. The average Bonchev–Trinajstić information content (AvgIpc) is 3.19. The Balaban J connectivity index is 0.00000196. The molecule has 2 heterocycles. The minimum atomic E-state index is 0. The molecule has 0 saturated carbocycles. The Kier molecular flexibility index (Phi) is 9.96. The number of amides is 1. The monoisotopic (exact) mass is 442 g/mol. The molecule has 0 unspecified atom stereocenters. The van der Waals surface area contributed by atoms with Crippen molar-refractivity contribution in [2.45, 2.75) is 26.7 Å². The lowest BCUT2D eigenvalue weighted by Gasteiger charge is -2.31. The minimum Gasteiger partial charge on any atom is -0.383 e. The number of nitrogens with zero attached hydrogens (tertiary/aromatic N) is 3. The van der Waals surface area contributed by atoms with Gasteiger partial charge in [-0.05, 0) is 54.7 Å². The van der Waals surface area contributed by atoms with Gasteiger partial charge in [-0.1, -0.05) is 19.9 Å². The third-order valence-corrected chi connectivity index (χ3v) is 5.71. The fraction of sp³-hybridized carbons (Fsp3) is 0.400.